The minimum atomic E-state index is 0.0170. The Kier molecular flexibility index (Phi) is 4.66. The van der Waals surface area contributed by atoms with Gasteiger partial charge in [0.25, 0.3) is 5.91 Å². The number of carbonyl (C=O) groups excluding carboxylic acids is 1. The molecule has 2 nitrogen and oxygen atoms in total. The van der Waals surface area contributed by atoms with Crippen LogP contribution in [0, 0.1) is 6.92 Å². The predicted molar refractivity (Wildman–Crippen MR) is 84.0 cm³/mol. The molecular weight excluding hydrogens is 346 g/mol. The van der Waals surface area contributed by atoms with Gasteiger partial charge in [-0.1, -0.05) is 33.6 Å². The van der Waals surface area contributed by atoms with Crippen LogP contribution in [-0.2, 0) is 6.54 Å². The molecule has 0 unspecified atom stereocenters. The molecule has 1 aromatic carbocycles. The van der Waals surface area contributed by atoms with E-state index in [1.165, 1.54) is 11.3 Å². The predicted octanol–water partition coefficient (Wildman–Crippen LogP) is 4.74. The van der Waals surface area contributed by atoms with Crippen molar-refractivity contribution in [2.24, 2.45) is 0 Å². The van der Waals surface area contributed by atoms with Crippen molar-refractivity contribution in [3.05, 3.63) is 55.1 Å². The number of nitrogens with zero attached hydrogens (tertiary/aromatic N) is 1. The zero-order chi connectivity index (χ0) is 14.0. The van der Waals surface area contributed by atoms with Crippen LogP contribution in [0.5, 0.6) is 0 Å². The van der Waals surface area contributed by atoms with Crippen LogP contribution < -0.4 is 0 Å². The quantitative estimate of drug-likeness (QED) is 0.775. The molecule has 1 heterocycles. The maximum atomic E-state index is 12.4. The Bertz CT molecular complexity index is 611. The SMILES string of the molecule is Cc1c(Br)cccc1C(=O)N(C)Cc1ccc(Cl)s1. The third-order valence-electron chi connectivity index (χ3n) is 2.87. The van der Waals surface area contributed by atoms with Crippen molar-refractivity contribution in [3.63, 3.8) is 0 Å². The smallest absolute Gasteiger partial charge is 0.254 e. The lowest BCUT2D eigenvalue weighted by Crippen LogP contribution is -2.26. The molecule has 0 aliphatic rings. The van der Waals surface area contributed by atoms with Gasteiger partial charge in [-0.25, -0.2) is 0 Å². The molecular formula is C14H13BrClNOS. The first kappa shape index (κ1) is 14.6. The number of rotatable bonds is 3. The van der Waals surface area contributed by atoms with Gasteiger partial charge in [0.1, 0.15) is 0 Å². The standard InChI is InChI=1S/C14H13BrClNOS/c1-9-11(4-3-5-12(9)15)14(18)17(2)8-10-6-7-13(16)19-10/h3-7H,8H2,1-2H3. The highest BCUT2D eigenvalue weighted by molar-refractivity contribution is 9.10. The average Bonchev–Trinajstić information content (AvgIpc) is 2.77. The lowest BCUT2D eigenvalue weighted by Gasteiger charge is -2.18. The van der Waals surface area contributed by atoms with Crippen LogP contribution in [0.25, 0.3) is 0 Å². The van der Waals surface area contributed by atoms with E-state index in [0.717, 1.165) is 24.8 Å². The molecule has 0 fully saturated rings. The minimum absolute atomic E-state index is 0.0170. The molecule has 2 rings (SSSR count). The largest absolute Gasteiger partial charge is 0.337 e. The number of amides is 1. The lowest BCUT2D eigenvalue weighted by atomic mass is 10.1. The number of thiophene rings is 1. The Morgan fingerprint density at radius 1 is 1.37 bits per heavy atom. The third-order valence-corrected chi connectivity index (χ3v) is 4.94. The van der Waals surface area contributed by atoms with Gasteiger partial charge in [-0.15, -0.1) is 11.3 Å². The molecule has 19 heavy (non-hydrogen) atoms. The van der Waals surface area contributed by atoms with Gasteiger partial charge in [-0.3, -0.25) is 4.79 Å². The molecule has 0 radical (unpaired) electrons. The van der Waals surface area contributed by atoms with Gasteiger partial charge in [0, 0.05) is 22.0 Å². The summed E-state index contributed by atoms with van der Waals surface area (Å²) in [7, 11) is 1.80. The molecule has 100 valence electrons. The molecule has 0 N–H and O–H groups in total. The fourth-order valence-electron chi connectivity index (χ4n) is 1.79. The van der Waals surface area contributed by atoms with E-state index in [2.05, 4.69) is 15.9 Å². The first-order valence-electron chi connectivity index (χ1n) is 5.74. The second kappa shape index (κ2) is 6.07. The van der Waals surface area contributed by atoms with Crippen molar-refractivity contribution in [1.29, 1.82) is 0 Å². The van der Waals surface area contributed by atoms with Crippen molar-refractivity contribution in [1.82, 2.24) is 4.90 Å². The van der Waals surface area contributed by atoms with Crippen LogP contribution in [0.4, 0.5) is 0 Å². The number of hydrogen-bond acceptors (Lipinski definition) is 2. The highest BCUT2D eigenvalue weighted by atomic mass is 79.9. The molecule has 1 amide bonds. The average molecular weight is 359 g/mol. The summed E-state index contributed by atoms with van der Waals surface area (Å²) >= 11 is 10.8. The summed E-state index contributed by atoms with van der Waals surface area (Å²) in [5, 5.41) is 0. The summed E-state index contributed by atoms with van der Waals surface area (Å²) in [5.41, 5.74) is 1.68. The van der Waals surface area contributed by atoms with Gasteiger partial charge in [-0.2, -0.15) is 0 Å². The van der Waals surface area contributed by atoms with Crippen LogP contribution in [0.2, 0.25) is 4.34 Å². The topological polar surface area (TPSA) is 20.3 Å². The van der Waals surface area contributed by atoms with Gasteiger partial charge in [-0.05, 0) is 36.8 Å². The monoisotopic (exact) mass is 357 g/mol. The van der Waals surface area contributed by atoms with Crippen molar-refractivity contribution in [2.45, 2.75) is 13.5 Å². The van der Waals surface area contributed by atoms with E-state index in [9.17, 15) is 4.79 Å². The Morgan fingerprint density at radius 2 is 2.11 bits per heavy atom. The summed E-state index contributed by atoms with van der Waals surface area (Å²) < 4.78 is 1.69. The maximum absolute atomic E-state index is 12.4. The van der Waals surface area contributed by atoms with E-state index in [1.54, 1.807) is 11.9 Å². The summed E-state index contributed by atoms with van der Waals surface area (Å²) in [6, 6.07) is 9.46. The van der Waals surface area contributed by atoms with Crippen LogP contribution in [0.3, 0.4) is 0 Å². The lowest BCUT2D eigenvalue weighted by molar-refractivity contribution is 0.0785. The van der Waals surface area contributed by atoms with Gasteiger partial charge in [0.2, 0.25) is 0 Å². The summed E-state index contributed by atoms with van der Waals surface area (Å²) in [6.07, 6.45) is 0. The van der Waals surface area contributed by atoms with Gasteiger partial charge in [0.15, 0.2) is 0 Å². The molecule has 0 atom stereocenters. The van der Waals surface area contributed by atoms with Crippen molar-refractivity contribution >= 4 is 44.8 Å². The van der Waals surface area contributed by atoms with Crippen LogP contribution in [0.15, 0.2) is 34.8 Å². The molecule has 0 saturated carbocycles. The van der Waals surface area contributed by atoms with Gasteiger partial charge in [0.05, 0.1) is 10.9 Å². The van der Waals surface area contributed by atoms with E-state index in [-0.39, 0.29) is 5.91 Å². The van der Waals surface area contributed by atoms with Crippen LogP contribution >= 0.6 is 38.9 Å². The molecule has 0 saturated heterocycles. The van der Waals surface area contributed by atoms with E-state index in [4.69, 9.17) is 11.6 Å². The second-order valence-corrected chi connectivity index (χ2v) is 6.93. The van der Waals surface area contributed by atoms with Crippen LogP contribution in [-0.4, -0.2) is 17.9 Å². The van der Waals surface area contributed by atoms with Gasteiger partial charge < -0.3 is 4.90 Å². The zero-order valence-electron chi connectivity index (χ0n) is 10.6. The molecule has 2 aromatic rings. The van der Waals surface area contributed by atoms with Gasteiger partial charge >= 0.3 is 0 Å². The molecule has 0 aliphatic heterocycles. The Labute approximate surface area is 130 Å². The minimum Gasteiger partial charge on any atom is -0.337 e. The molecule has 0 aliphatic carbocycles. The van der Waals surface area contributed by atoms with Crippen LogP contribution in [0.1, 0.15) is 20.8 Å². The second-order valence-electron chi connectivity index (χ2n) is 4.28. The first-order chi connectivity index (χ1) is 8.99. The van der Waals surface area contributed by atoms with Crippen molar-refractivity contribution in [2.75, 3.05) is 7.05 Å². The normalized spacial score (nSPS) is 10.5. The molecule has 0 spiro atoms. The van der Waals surface area contributed by atoms with Crippen molar-refractivity contribution in [3.8, 4) is 0 Å². The Morgan fingerprint density at radius 3 is 2.74 bits per heavy atom. The Hall–Kier alpha value is -0.840. The first-order valence-corrected chi connectivity index (χ1v) is 7.72. The highest BCUT2D eigenvalue weighted by Gasteiger charge is 2.16. The maximum Gasteiger partial charge on any atom is 0.254 e. The summed E-state index contributed by atoms with van der Waals surface area (Å²) in [4.78, 5) is 15.2. The van der Waals surface area contributed by atoms with E-state index in [0.29, 0.717) is 6.54 Å². The number of carbonyl (C=O) groups is 1. The number of benzene rings is 1. The molecule has 5 heteroatoms. The summed E-state index contributed by atoms with van der Waals surface area (Å²) in [6.45, 7) is 2.51. The fourth-order valence-corrected chi connectivity index (χ4v) is 3.29. The van der Waals surface area contributed by atoms with Crippen molar-refractivity contribution < 1.29 is 4.79 Å². The Balaban J connectivity index is 2.17. The number of hydrogen-bond donors (Lipinski definition) is 0. The molecule has 1 aromatic heterocycles. The van der Waals surface area contributed by atoms with E-state index >= 15 is 0 Å². The zero-order valence-corrected chi connectivity index (χ0v) is 13.8. The van der Waals surface area contributed by atoms with E-state index in [1.807, 2.05) is 37.3 Å². The number of halogens is 2. The summed E-state index contributed by atoms with van der Waals surface area (Å²) in [5.74, 6) is 0.0170. The molecule has 0 bridgehead atoms. The fraction of sp³-hybridized carbons (Fsp3) is 0.214. The highest BCUT2D eigenvalue weighted by Crippen LogP contribution is 2.24. The third kappa shape index (κ3) is 3.38. The van der Waals surface area contributed by atoms with E-state index < -0.39 is 0 Å².